The van der Waals surface area contributed by atoms with E-state index in [0.717, 1.165) is 17.4 Å². The molecule has 11 heteroatoms. The number of halogens is 1. The Morgan fingerprint density at radius 1 is 1.24 bits per heavy atom. The highest BCUT2D eigenvalue weighted by Crippen LogP contribution is 2.13. The van der Waals surface area contributed by atoms with Gasteiger partial charge < -0.3 is 20.3 Å². The lowest BCUT2D eigenvalue weighted by Crippen LogP contribution is -2.40. The third kappa shape index (κ3) is 7.54. The van der Waals surface area contributed by atoms with Gasteiger partial charge in [0.1, 0.15) is 18.9 Å². The zero-order chi connectivity index (χ0) is 24.5. The van der Waals surface area contributed by atoms with Gasteiger partial charge in [0, 0.05) is 38.5 Å². The molecule has 0 unspecified atom stereocenters. The lowest BCUT2D eigenvalue weighted by Gasteiger charge is -2.25. The fraction of sp³-hybridized carbons (Fsp3) is 0.348. The minimum absolute atomic E-state index is 0.0275. The summed E-state index contributed by atoms with van der Waals surface area (Å²) in [6.07, 6.45) is 4.46. The number of carbonyl (C=O) groups is 2. The first-order valence-electron chi connectivity index (χ1n) is 10.8. The number of amides is 2. The number of nitrogens with zero attached hydrogens (tertiary/aromatic N) is 5. The fourth-order valence-corrected chi connectivity index (χ4v) is 2.91. The molecule has 0 spiro atoms. The predicted octanol–water partition coefficient (Wildman–Crippen LogP) is 2.49. The van der Waals surface area contributed by atoms with Crippen LogP contribution in [0.3, 0.4) is 0 Å². The van der Waals surface area contributed by atoms with Crippen molar-refractivity contribution in [2.45, 2.75) is 32.9 Å². The van der Waals surface area contributed by atoms with Gasteiger partial charge in [-0.3, -0.25) is 14.3 Å². The highest BCUT2D eigenvalue weighted by Gasteiger charge is 2.17. The number of benzene rings is 1. The summed E-state index contributed by atoms with van der Waals surface area (Å²) in [5.41, 5.74) is 1.62. The van der Waals surface area contributed by atoms with Gasteiger partial charge in [0.2, 0.25) is 23.7 Å². The molecule has 1 aromatic carbocycles. The second-order valence-electron chi connectivity index (χ2n) is 7.83. The van der Waals surface area contributed by atoms with Crippen molar-refractivity contribution in [3.8, 4) is 5.75 Å². The van der Waals surface area contributed by atoms with Crippen molar-refractivity contribution < 1.29 is 18.7 Å². The van der Waals surface area contributed by atoms with Crippen molar-refractivity contribution >= 4 is 23.5 Å². The number of anilines is 2. The predicted molar refractivity (Wildman–Crippen MR) is 125 cm³/mol. The molecule has 0 aliphatic heterocycles. The Labute approximate surface area is 197 Å². The van der Waals surface area contributed by atoms with Crippen LogP contribution in [0.2, 0.25) is 0 Å². The van der Waals surface area contributed by atoms with Crippen molar-refractivity contribution in [2.24, 2.45) is 0 Å². The van der Waals surface area contributed by atoms with Crippen molar-refractivity contribution in [3.63, 3.8) is 0 Å². The van der Waals surface area contributed by atoms with Crippen LogP contribution in [-0.2, 0) is 16.1 Å². The number of rotatable bonds is 11. The van der Waals surface area contributed by atoms with Gasteiger partial charge in [-0.2, -0.15) is 14.5 Å². The normalized spacial score (nSPS) is 11.5. The SMILES string of the molecule is Cc1ccc(OC[C@@H](C)N(C)C(=O)Cn2cc(NC(=O)CCNc3nccc(F)n3)cn2)cc1. The van der Waals surface area contributed by atoms with Gasteiger partial charge >= 0.3 is 0 Å². The van der Waals surface area contributed by atoms with Crippen LogP contribution in [0.4, 0.5) is 16.0 Å². The number of aryl methyl sites for hydroxylation is 1. The summed E-state index contributed by atoms with van der Waals surface area (Å²) in [7, 11) is 1.72. The van der Waals surface area contributed by atoms with Gasteiger partial charge in [0.15, 0.2) is 0 Å². The number of ether oxygens (including phenoxy) is 1. The second-order valence-corrected chi connectivity index (χ2v) is 7.83. The van der Waals surface area contributed by atoms with E-state index in [2.05, 4.69) is 25.7 Å². The number of hydrogen-bond acceptors (Lipinski definition) is 7. The van der Waals surface area contributed by atoms with E-state index >= 15 is 0 Å². The summed E-state index contributed by atoms with van der Waals surface area (Å²) in [6.45, 7) is 4.53. The standard InChI is InChI=1S/C23H28FN7O3/c1-16-4-6-19(7-5-16)34-15-17(2)30(3)22(33)14-31-13-18(12-27-31)28-21(32)9-11-26-23-25-10-8-20(24)29-23/h4-8,10,12-13,17H,9,11,14-15H2,1-3H3,(H,28,32)(H,25,26,29)/t17-/m1/s1. The van der Waals surface area contributed by atoms with Crippen molar-refractivity contribution in [3.05, 3.63) is 60.4 Å². The molecule has 3 aromatic rings. The van der Waals surface area contributed by atoms with Crippen LogP contribution in [0.1, 0.15) is 18.9 Å². The maximum atomic E-state index is 13.0. The number of hydrogen-bond donors (Lipinski definition) is 2. The topological polar surface area (TPSA) is 114 Å². The second kappa shape index (κ2) is 11.7. The van der Waals surface area contributed by atoms with E-state index in [9.17, 15) is 14.0 Å². The maximum absolute atomic E-state index is 13.0. The average molecular weight is 470 g/mol. The lowest BCUT2D eigenvalue weighted by atomic mass is 10.2. The number of nitrogens with one attached hydrogen (secondary N) is 2. The molecule has 1 atom stereocenters. The minimum atomic E-state index is -0.650. The smallest absolute Gasteiger partial charge is 0.244 e. The molecule has 2 heterocycles. The number of carbonyl (C=O) groups excluding carboxylic acids is 2. The molecule has 2 amide bonds. The van der Waals surface area contributed by atoms with Gasteiger partial charge in [0.25, 0.3) is 0 Å². The summed E-state index contributed by atoms with van der Waals surface area (Å²) in [6, 6.07) is 8.73. The molecule has 0 bridgehead atoms. The quantitative estimate of drug-likeness (QED) is 0.415. The maximum Gasteiger partial charge on any atom is 0.244 e. The Balaban J connectivity index is 1.40. The van der Waals surface area contributed by atoms with Gasteiger partial charge in [-0.1, -0.05) is 17.7 Å². The van der Waals surface area contributed by atoms with Crippen molar-refractivity contribution in [2.75, 3.05) is 30.8 Å². The largest absolute Gasteiger partial charge is 0.491 e. The molecule has 34 heavy (non-hydrogen) atoms. The molecule has 0 saturated carbocycles. The van der Waals surface area contributed by atoms with Gasteiger partial charge in [-0.15, -0.1) is 0 Å². The summed E-state index contributed by atoms with van der Waals surface area (Å²) in [5.74, 6) is -0.192. The van der Waals surface area contributed by atoms with Crippen molar-refractivity contribution in [1.82, 2.24) is 24.6 Å². The van der Waals surface area contributed by atoms with Crippen LogP contribution in [-0.4, -0.2) is 62.7 Å². The molecule has 3 rings (SSSR count). The summed E-state index contributed by atoms with van der Waals surface area (Å²) >= 11 is 0. The van der Waals surface area contributed by atoms with Gasteiger partial charge in [-0.05, 0) is 26.0 Å². The Morgan fingerprint density at radius 3 is 2.74 bits per heavy atom. The number of likely N-dealkylation sites (N-methyl/N-ethyl adjacent to an activating group) is 1. The van der Waals surface area contributed by atoms with E-state index in [1.54, 1.807) is 18.1 Å². The molecule has 0 radical (unpaired) electrons. The lowest BCUT2D eigenvalue weighted by molar-refractivity contribution is -0.133. The summed E-state index contributed by atoms with van der Waals surface area (Å²) < 4.78 is 20.3. The molecular weight excluding hydrogens is 441 g/mol. The first kappa shape index (κ1) is 24.6. The van der Waals surface area contributed by atoms with Crippen molar-refractivity contribution in [1.29, 1.82) is 0 Å². The zero-order valence-electron chi connectivity index (χ0n) is 19.4. The summed E-state index contributed by atoms with van der Waals surface area (Å²) in [5, 5.41) is 9.62. The highest BCUT2D eigenvalue weighted by atomic mass is 19.1. The Morgan fingerprint density at radius 2 is 2.00 bits per heavy atom. The molecule has 0 saturated heterocycles. The molecule has 10 nitrogen and oxygen atoms in total. The van der Waals surface area contributed by atoms with Crippen LogP contribution in [0.5, 0.6) is 5.75 Å². The van der Waals surface area contributed by atoms with Gasteiger partial charge in [-0.25, -0.2) is 4.98 Å². The van der Waals surface area contributed by atoms with Gasteiger partial charge in [0.05, 0.1) is 17.9 Å². The Bertz CT molecular complexity index is 1100. The van der Waals surface area contributed by atoms with E-state index in [1.165, 1.54) is 17.1 Å². The Hall–Kier alpha value is -4.02. The van der Waals surface area contributed by atoms with Crippen LogP contribution in [0.25, 0.3) is 0 Å². The molecule has 180 valence electrons. The molecule has 0 aliphatic rings. The minimum Gasteiger partial charge on any atom is -0.491 e. The van der Waals surface area contributed by atoms with E-state index in [-0.39, 0.29) is 43.3 Å². The van der Waals surface area contributed by atoms with Crippen LogP contribution in [0.15, 0.2) is 48.9 Å². The molecule has 2 aromatic heterocycles. The van der Waals surface area contributed by atoms with Crippen LogP contribution < -0.4 is 15.4 Å². The first-order chi connectivity index (χ1) is 16.3. The molecular formula is C23H28FN7O3. The third-order valence-corrected chi connectivity index (χ3v) is 5.04. The van der Waals surface area contributed by atoms with Crippen LogP contribution in [0, 0.1) is 12.9 Å². The van der Waals surface area contributed by atoms with E-state index in [1.807, 2.05) is 38.1 Å². The van der Waals surface area contributed by atoms with E-state index in [4.69, 9.17) is 4.74 Å². The highest BCUT2D eigenvalue weighted by molar-refractivity contribution is 5.90. The van der Waals surface area contributed by atoms with Crippen LogP contribution >= 0.6 is 0 Å². The fourth-order valence-electron chi connectivity index (χ4n) is 2.91. The molecule has 2 N–H and O–H groups in total. The molecule has 0 aliphatic carbocycles. The summed E-state index contributed by atoms with van der Waals surface area (Å²) in [4.78, 5) is 33.8. The third-order valence-electron chi connectivity index (χ3n) is 5.04. The van der Waals surface area contributed by atoms with E-state index < -0.39 is 5.95 Å². The first-order valence-corrected chi connectivity index (χ1v) is 10.8. The number of aromatic nitrogens is 4. The monoisotopic (exact) mass is 469 g/mol. The zero-order valence-corrected chi connectivity index (χ0v) is 19.4. The van der Waals surface area contributed by atoms with E-state index in [0.29, 0.717) is 12.3 Å². The average Bonchev–Trinajstić information content (AvgIpc) is 3.24. The molecule has 0 fully saturated rings. The Kier molecular flexibility index (Phi) is 8.49.